The number of rotatable bonds is 3. The summed E-state index contributed by atoms with van der Waals surface area (Å²) in [6, 6.07) is 11.9. The zero-order valence-corrected chi connectivity index (χ0v) is 14.5. The zero-order valence-electron chi connectivity index (χ0n) is 13.6. The lowest BCUT2D eigenvalue weighted by molar-refractivity contribution is -0.132. The first-order valence-corrected chi connectivity index (χ1v) is 9.07. The van der Waals surface area contributed by atoms with Crippen LogP contribution in [-0.4, -0.2) is 46.5 Å². The van der Waals surface area contributed by atoms with E-state index in [9.17, 15) is 9.59 Å². The van der Waals surface area contributed by atoms with Crippen LogP contribution in [0.15, 0.2) is 47.5 Å². The van der Waals surface area contributed by atoms with Gasteiger partial charge >= 0.3 is 0 Å². The largest absolute Gasteiger partial charge is 0.339 e. The predicted octanol–water partition coefficient (Wildman–Crippen LogP) is 1.56. The summed E-state index contributed by atoms with van der Waals surface area (Å²) >= 11 is 1.42. The lowest BCUT2D eigenvalue weighted by Crippen LogP contribution is -2.48. The number of thiophene rings is 1. The molecule has 1 N–H and O–H groups in total. The minimum atomic E-state index is -0.152. The molecule has 0 spiro atoms. The molecule has 1 aliphatic heterocycles. The number of aromatic nitrogens is 2. The summed E-state index contributed by atoms with van der Waals surface area (Å²) in [5.41, 5.74) is 1.59. The lowest BCUT2D eigenvalue weighted by Gasteiger charge is -2.27. The summed E-state index contributed by atoms with van der Waals surface area (Å²) < 4.78 is 2.01. The summed E-state index contributed by atoms with van der Waals surface area (Å²) in [4.78, 5) is 32.3. The second-order valence-electron chi connectivity index (χ2n) is 6.00. The fraction of sp³-hybridized carbons (Fsp3) is 0.278. The number of nitrogens with one attached hydrogen (secondary N) is 1. The Bertz CT molecular complexity index is 958. The highest BCUT2D eigenvalue weighted by atomic mass is 32.1. The lowest BCUT2D eigenvalue weighted by atomic mass is 10.2. The van der Waals surface area contributed by atoms with E-state index in [0.29, 0.717) is 23.3 Å². The summed E-state index contributed by atoms with van der Waals surface area (Å²) in [7, 11) is 0. The second kappa shape index (κ2) is 6.78. The number of carbonyl (C=O) groups is 1. The van der Waals surface area contributed by atoms with Gasteiger partial charge in [-0.05, 0) is 11.6 Å². The summed E-state index contributed by atoms with van der Waals surface area (Å²) in [6.45, 7) is 2.99. The van der Waals surface area contributed by atoms with Crippen molar-refractivity contribution in [1.82, 2.24) is 19.8 Å². The Hall–Kier alpha value is -2.51. The summed E-state index contributed by atoms with van der Waals surface area (Å²) in [6.07, 6.45) is 1.48. The summed E-state index contributed by atoms with van der Waals surface area (Å²) in [5, 5.41) is 3.21. The molecule has 0 bridgehead atoms. The molecule has 1 fully saturated rings. The van der Waals surface area contributed by atoms with Crippen molar-refractivity contribution in [1.29, 1.82) is 0 Å². The molecule has 4 rings (SSSR count). The second-order valence-corrected chi connectivity index (χ2v) is 7.05. The number of nitrogens with zero attached hydrogens (tertiary/aromatic N) is 3. The molecule has 1 saturated heterocycles. The molecule has 0 atom stereocenters. The van der Waals surface area contributed by atoms with Crippen molar-refractivity contribution < 1.29 is 4.79 Å². The van der Waals surface area contributed by atoms with E-state index >= 15 is 0 Å². The first-order valence-electron chi connectivity index (χ1n) is 8.25. The quantitative estimate of drug-likeness (QED) is 0.775. The normalized spacial score (nSPS) is 14.8. The highest BCUT2D eigenvalue weighted by molar-refractivity contribution is 7.22. The van der Waals surface area contributed by atoms with Crippen LogP contribution in [0.25, 0.3) is 20.7 Å². The van der Waals surface area contributed by atoms with Gasteiger partial charge in [-0.3, -0.25) is 14.2 Å². The minimum absolute atomic E-state index is 0.0374. The van der Waals surface area contributed by atoms with Crippen molar-refractivity contribution in [3.63, 3.8) is 0 Å². The van der Waals surface area contributed by atoms with E-state index in [1.54, 1.807) is 4.90 Å². The number of hydrogen-bond donors (Lipinski definition) is 1. The van der Waals surface area contributed by atoms with Crippen LogP contribution < -0.4 is 10.9 Å². The standard InChI is InChI=1S/C18H18N4O2S/c23-16(21-8-6-19-7-9-21)11-22-12-20-14-10-15(25-17(14)18(22)24)13-4-2-1-3-5-13/h1-5,10,12,19H,6-9,11H2. The first kappa shape index (κ1) is 16.0. The Morgan fingerprint density at radius 2 is 1.96 bits per heavy atom. The van der Waals surface area contributed by atoms with Gasteiger partial charge in [-0.15, -0.1) is 11.3 Å². The van der Waals surface area contributed by atoms with Gasteiger partial charge < -0.3 is 10.2 Å². The molecule has 1 aromatic carbocycles. The SMILES string of the molecule is O=C(Cn1cnc2cc(-c3ccccc3)sc2c1=O)N1CCNCC1. The van der Waals surface area contributed by atoms with E-state index < -0.39 is 0 Å². The molecule has 1 aliphatic rings. The van der Waals surface area contributed by atoms with Gasteiger partial charge in [0, 0.05) is 31.1 Å². The third-order valence-electron chi connectivity index (χ3n) is 4.34. The maximum Gasteiger partial charge on any atom is 0.271 e. The third-order valence-corrected chi connectivity index (χ3v) is 5.50. The van der Waals surface area contributed by atoms with E-state index in [4.69, 9.17) is 0 Å². The maximum atomic E-state index is 12.7. The number of fused-ring (bicyclic) bond motifs is 1. The van der Waals surface area contributed by atoms with Crippen molar-refractivity contribution in [2.75, 3.05) is 26.2 Å². The van der Waals surface area contributed by atoms with E-state index in [0.717, 1.165) is 23.5 Å². The monoisotopic (exact) mass is 354 g/mol. The Morgan fingerprint density at radius 1 is 1.20 bits per heavy atom. The minimum Gasteiger partial charge on any atom is -0.339 e. The van der Waals surface area contributed by atoms with Gasteiger partial charge in [0.1, 0.15) is 11.2 Å². The molecule has 128 valence electrons. The molecule has 3 heterocycles. The average Bonchev–Trinajstić information content (AvgIpc) is 3.11. The molecule has 2 aromatic heterocycles. The number of hydrogen-bond acceptors (Lipinski definition) is 5. The van der Waals surface area contributed by atoms with Crippen molar-refractivity contribution in [3.05, 3.63) is 53.1 Å². The van der Waals surface area contributed by atoms with Crippen LogP contribution in [0.5, 0.6) is 0 Å². The molecule has 0 aliphatic carbocycles. The van der Waals surface area contributed by atoms with Crippen LogP contribution in [0.1, 0.15) is 0 Å². The molecular formula is C18H18N4O2S. The third kappa shape index (κ3) is 3.20. The number of carbonyl (C=O) groups excluding carboxylic acids is 1. The molecule has 6 nitrogen and oxygen atoms in total. The molecule has 0 unspecified atom stereocenters. The van der Waals surface area contributed by atoms with Crippen molar-refractivity contribution in [2.45, 2.75) is 6.54 Å². The fourth-order valence-corrected chi connectivity index (χ4v) is 4.03. The molecule has 3 aromatic rings. The van der Waals surface area contributed by atoms with Gasteiger partial charge in [0.25, 0.3) is 5.56 Å². The first-order chi connectivity index (χ1) is 12.2. The van der Waals surface area contributed by atoms with Gasteiger partial charge in [0.05, 0.1) is 11.8 Å². The number of piperazine rings is 1. The molecule has 25 heavy (non-hydrogen) atoms. The van der Waals surface area contributed by atoms with Gasteiger partial charge in [-0.1, -0.05) is 30.3 Å². The van der Waals surface area contributed by atoms with Gasteiger partial charge in [0.2, 0.25) is 5.91 Å². The van der Waals surface area contributed by atoms with E-state index in [2.05, 4.69) is 10.3 Å². The Morgan fingerprint density at radius 3 is 2.72 bits per heavy atom. The summed E-state index contributed by atoms with van der Waals surface area (Å²) in [5.74, 6) is -0.0374. The smallest absolute Gasteiger partial charge is 0.271 e. The van der Waals surface area contributed by atoms with Crippen LogP contribution in [0.4, 0.5) is 0 Å². The van der Waals surface area contributed by atoms with Crippen LogP contribution >= 0.6 is 11.3 Å². The fourth-order valence-electron chi connectivity index (χ4n) is 2.96. The van der Waals surface area contributed by atoms with Gasteiger partial charge in [-0.25, -0.2) is 4.98 Å². The predicted molar refractivity (Wildman–Crippen MR) is 98.8 cm³/mol. The maximum absolute atomic E-state index is 12.7. The highest BCUT2D eigenvalue weighted by Crippen LogP contribution is 2.30. The average molecular weight is 354 g/mol. The molecule has 7 heteroatoms. The van der Waals surface area contributed by atoms with Crippen LogP contribution in [0.2, 0.25) is 0 Å². The molecule has 0 saturated carbocycles. The van der Waals surface area contributed by atoms with E-state index in [1.165, 1.54) is 22.2 Å². The van der Waals surface area contributed by atoms with Crippen molar-refractivity contribution in [3.8, 4) is 10.4 Å². The number of benzene rings is 1. The van der Waals surface area contributed by atoms with Crippen molar-refractivity contribution >= 4 is 27.5 Å². The van der Waals surface area contributed by atoms with Gasteiger partial charge in [0.15, 0.2) is 0 Å². The topological polar surface area (TPSA) is 67.2 Å². The number of amides is 1. The Labute approximate surface area is 148 Å². The van der Waals surface area contributed by atoms with Crippen molar-refractivity contribution in [2.24, 2.45) is 0 Å². The van der Waals surface area contributed by atoms with E-state index in [1.807, 2.05) is 36.4 Å². The molecule has 0 radical (unpaired) electrons. The van der Waals surface area contributed by atoms with Gasteiger partial charge in [-0.2, -0.15) is 0 Å². The van der Waals surface area contributed by atoms with Crippen LogP contribution in [0.3, 0.4) is 0 Å². The Kier molecular flexibility index (Phi) is 4.33. The molecular weight excluding hydrogens is 336 g/mol. The highest BCUT2D eigenvalue weighted by Gasteiger charge is 2.18. The van der Waals surface area contributed by atoms with Crippen LogP contribution in [-0.2, 0) is 11.3 Å². The molecule has 1 amide bonds. The van der Waals surface area contributed by atoms with Crippen LogP contribution in [0, 0.1) is 0 Å². The zero-order chi connectivity index (χ0) is 17.2. The van der Waals surface area contributed by atoms with E-state index in [-0.39, 0.29) is 18.0 Å². The Balaban J connectivity index is 1.63.